The molecule has 3 aromatic rings. The summed E-state index contributed by atoms with van der Waals surface area (Å²) in [5.41, 5.74) is 4.25. The molecule has 134 valence electrons. The van der Waals surface area contributed by atoms with Gasteiger partial charge in [0, 0.05) is 6.54 Å². The molecule has 2 aromatic heterocycles. The fraction of sp³-hybridized carbons (Fsp3) is 0.400. The average Bonchev–Trinajstić information content (AvgIpc) is 3.38. The first-order chi connectivity index (χ1) is 12.8. The van der Waals surface area contributed by atoms with Crippen LogP contribution in [0.4, 0.5) is 0 Å². The van der Waals surface area contributed by atoms with Crippen LogP contribution in [0.2, 0.25) is 0 Å². The van der Waals surface area contributed by atoms with Gasteiger partial charge in [0.05, 0.1) is 23.7 Å². The van der Waals surface area contributed by atoms with Crippen molar-refractivity contribution in [1.29, 1.82) is 0 Å². The van der Waals surface area contributed by atoms with Gasteiger partial charge in [0.2, 0.25) is 0 Å². The first-order valence-electron chi connectivity index (χ1n) is 9.23. The Hall–Kier alpha value is -2.02. The number of piperidine rings is 3. The summed E-state index contributed by atoms with van der Waals surface area (Å²) >= 11 is 1.71. The normalized spacial score (nSPS) is 24.9. The van der Waals surface area contributed by atoms with E-state index in [0.29, 0.717) is 6.04 Å². The lowest BCUT2D eigenvalue weighted by molar-refractivity contribution is 0.0504. The number of nitrogens with zero attached hydrogens (tertiary/aromatic N) is 4. The number of benzene rings is 1. The number of hydrogen-bond acceptors (Lipinski definition) is 5. The molecule has 1 aromatic carbocycles. The molecule has 0 aliphatic carbocycles. The quantitative estimate of drug-likeness (QED) is 0.769. The van der Waals surface area contributed by atoms with Gasteiger partial charge in [-0.3, -0.25) is 0 Å². The molecule has 1 atom stereocenters. The van der Waals surface area contributed by atoms with E-state index in [-0.39, 0.29) is 6.61 Å². The van der Waals surface area contributed by atoms with Crippen molar-refractivity contribution in [3.05, 3.63) is 47.5 Å². The van der Waals surface area contributed by atoms with E-state index in [1.54, 1.807) is 11.3 Å². The van der Waals surface area contributed by atoms with E-state index < -0.39 is 0 Å². The third kappa shape index (κ3) is 2.88. The van der Waals surface area contributed by atoms with Gasteiger partial charge in [0.1, 0.15) is 5.69 Å². The molecule has 0 radical (unpaired) electrons. The van der Waals surface area contributed by atoms with Gasteiger partial charge < -0.3 is 10.0 Å². The Labute approximate surface area is 156 Å². The Morgan fingerprint density at radius 1 is 1.12 bits per heavy atom. The summed E-state index contributed by atoms with van der Waals surface area (Å²) in [5.74, 6) is 0.749. The number of hydrogen-bond donors (Lipinski definition) is 1. The highest BCUT2D eigenvalue weighted by Gasteiger charge is 2.35. The summed E-state index contributed by atoms with van der Waals surface area (Å²) in [6.45, 7) is 3.68. The average molecular weight is 366 g/mol. The van der Waals surface area contributed by atoms with E-state index >= 15 is 0 Å². The van der Waals surface area contributed by atoms with Crippen molar-refractivity contribution in [3.63, 3.8) is 0 Å². The second-order valence-corrected chi connectivity index (χ2v) is 8.26. The summed E-state index contributed by atoms with van der Waals surface area (Å²) in [7, 11) is 0. The molecule has 26 heavy (non-hydrogen) atoms. The van der Waals surface area contributed by atoms with Crippen molar-refractivity contribution >= 4 is 11.3 Å². The summed E-state index contributed by atoms with van der Waals surface area (Å²) in [6.07, 6.45) is 4.69. The Morgan fingerprint density at radius 3 is 2.62 bits per heavy atom. The summed E-state index contributed by atoms with van der Waals surface area (Å²) in [4.78, 5) is 3.70. The van der Waals surface area contributed by atoms with Crippen LogP contribution >= 0.6 is 11.3 Å². The number of fused-ring (bicyclic) bond motifs is 3. The zero-order valence-electron chi connectivity index (χ0n) is 14.6. The van der Waals surface area contributed by atoms with Crippen LogP contribution in [-0.2, 0) is 6.61 Å². The molecule has 0 amide bonds. The minimum absolute atomic E-state index is 0.0812. The van der Waals surface area contributed by atoms with Crippen LogP contribution in [-0.4, -0.2) is 44.6 Å². The molecule has 6 rings (SSSR count). The predicted molar refractivity (Wildman–Crippen MR) is 103 cm³/mol. The summed E-state index contributed by atoms with van der Waals surface area (Å²) in [6, 6.07) is 10.7. The fourth-order valence-corrected chi connectivity index (χ4v) is 5.08. The van der Waals surface area contributed by atoms with E-state index in [2.05, 4.69) is 49.7 Å². The van der Waals surface area contributed by atoms with Crippen LogP contribution in [0.15, 0.2) is 41.9 Å². The van der Waals surface area contributed by atoms with E-state index in [4.69, 9.17) is 0 Å². The SMILES string of the molecule is OCc1ccc(-c2csc(-c3cn([C@H]4CN5CCC4CC5)nn3)c2)cc1. The van der Waals surface area contributed by atoms with E-state index in [1.165, 1.54) is 31.5 Å². The standard InChI is InChI=1S/C20H22N4OS/c25-12-14-1-3-15(4-2-14)17-9-20(26-13-17)18-10-24(22-21-18)19-11-23-7-5-16(19)6-8-23/h1-4,9-10,13,16,19,25H,5-8,11-12H2/t19-/m0/s1. The Morgan fingerprint density at radius 2 is 1.92 bits per heavy atom. The van der Waals surface area contributed by atoms with Gasteiger partial charge in [0.15, 0.2) is 0 Å². The van der Waals surface area contributed by atoms with Crippen molar-refractivity contribution in [2.45, 2.75) is 25.5 Å². The van der Waals surface area contributed by atoms with Crippen LogP contribution in [0.5, 0.6) is 0 Å². The highest BCUT2D eigenvalue weighted by atomic mass is 32.1. The van der Waals surface area contributed by atoms with Crippen molar-refractivity contribution in [1.82, 2.24) is 19.9 Å². The molecule has 2 bridgehead atoms. The number of aliphatic hydroxyl groups is 1. The topological polar surface area (TPSA) is 54.2 Å². The van der Waals surface area contributed by atoms with Crippen molar-refractivity contribution in [3.8, 4) is 21.7 Å². The molecule has 3 fully saturated rings. The van der Waals surface area contributed by atoms with E-state index in [9.17, 15) is 5.11 Å². The first kappa shape index (κ1) is 16.2. The molecule has 6 heteroatoms. The van der Waals surface area contributed by atoms with E-state index in [1.807, 2.05) is 12.1 Å². The zero-order chi connectivity index (χ0) is 17.5. The molecular weight excluding hydrogens is 344 g/mol. The highest BCUT2D eigenvalue weighted by molar-refractivity contribution is 7.14. The first-order valence-corrected chi connectivity index (χ1v) is 10.1. The van der Waals surface area contributed by atoms with Gasteiger partial charge >= 0.3 is 0 Å². The Bertz CT molecular complexity index is 893. The highest BCUT2D eigenvalue weighted by Crippen LogP contribution is 2.36. The van der Waals surface area contributed by atoms with Gasteiger partial charge in [-0.25, -0.2) is 4.68 Å². The smallest absolute Gasteiger partial charge is 0.123 e. The monoisotopic (exact) mass is 366 g/mol. The summed E-state index contributed by atoms with van der Waals surface area (Å²) in [5, 5.41) is 20.3. The Balaban J connectivity index is 1.37. The maximum atomic E-state index is 9.18. The molecule has 0 saturated carbocycles. The van der Waals surface area contributed by atoms with Gasteiger partial charge in [-0.1, -0.05) is 29.5 Å². The molecular formula is C20H22N4OS. The lowest BCUT2D eigenvalue weighted by Gasteiger charge is -2.44. The minimum atomic E-state index is 0.0812. The van der Waals surface area contributed by atoms with Crippen LogP contribution < -0.4 is 0 Å². The fourth-order valence-electron chi connectivity index (χ4n) is 4.21. The number of rotatable bonds is 4. The third-order valence-corrected chi connectivity index (χ3v) is 6.75. The second kappa shape index (κ2) is 6.61. The van der Waals surface area contributed by atoms with Crippen molar-refractivity contribution in [2.75, 3.05) is 19.6 Å². The maximum absolute atomic E-state index is 9.18. The van der Waals surface area contributed by atoms with Gasteiger partial charge in [-0.2, -0.15) is 0 Å². The number of aromatic nitrogens is 3. The summed E-state index contributed by atoms with van der Waals surface area (Å²) < 4.78 is 2.10. The maximum Gasteiger partial charge on any atom is 0.123 e. The molecule has 1 N–H and O–H groups in total. The lowest BCUT2D eigenvalue weighted by Crippen LogP contribution is -2.48. The third-order valence-electron chi connectivity index (χ3n) is 5.79. The Kier molecular flexibility index (Phi) is 4.11. The largest absolute Gasteiger partial charge is 0.392 e. The van der Waals surface area contributed by atoms with Crippen molar-refractivity contribution < 1.29 is 5.11 Å². The molecule has 0 unspecified atom stereocenters. The van der Waals surface area contributed by atoms with Crippen LogP contribution in [0.25, 0.3) is 21.7 Å². The molecule has 3 aliphatic rings. The molecule has 3 aliphatic heterocycles. The molecule has 5 heterocycles. The zero-order valence-corrected chi connectivity index (χ0v) is 15.4. The minimum Gasteiger partial charge on any atom is -0.392 e. The lowest BCUT2D eigenvalue weighted by atomic mass is 9.84. The second-order valence-electron chi connectivity index (χ2n) is 7.34. The predicted octanol–water partition coefficient (Wildman–Crippen LogP) is 3.43. The van der Waals surface area contributed by atoms with Gasteiger partial charge in [0.25, 0.3) is 0 Å². The molecule has 0 spiro atoms. The van der Waals surface area contributed by atoms with Crippen LogP contribution in [0.1, 0.15) is 24.4 Å². The van der Waals surface area contributed by atoms with Crippen LogP contribution in [0, 0.1) is 5.92 Å². The van der Waals surface area contributed by atoms with Crippen LogP contribution in [0.3, 0.4) is 0 Å². The molecule has 3 saturated heterocycles. The van der Waals surface area contributed by atoms with Crippen molar-refractivity contribution in [2.24, 2.45) is 5.92 Å². The number of thiophene rings is 1. The van der Waals surface area contributed by atoms with Gasteiger partial charge in [-0.15, -0.1) is 16.4 Å². The van der Waals surface area contributed by atoms with Gasteiger partial charge in [-0.05, 0) is 60.0 Å². The van der Waals surface area contributed by atoms with E-state index in [0.717, 1.165) is 34.2 Å². The molecule has 5 nitrogen and oxygen atoms in total. The number of aliphatic hydroxyl groups excluding tert-OH is 1.